The van der Waals surface area contributed by atoms with Crippen LogP contribution in [0.5, 0.6) is 18.0 Å². The van der Waals surface area contributed by atoms with Gasteiger partial charge in [-0.25, -0.2) is 0 Å². The minimum Gasteiger partial charge on any atom is -0.467 e. The van der Waals surface area contributed by atoms with E-state index in [1.165, 1.54) is 14.2 Å². The predicted octanol–water partition coefficient (Wildman–Crippen LogP) is -0.513. The number of nitrogens with zero attached hydrogens (tertiary/aromatic N) is 3. The zero-order valence-electron chi connectivity index (χ0n) is 8.98. The van der Waals surface area contributed by atoms with Crippen molar-refractivity contribution in [2.75, 3.05) is 34.4 Å². The lowest BCUT2D eigenvalue weighted by molar-refractivity contribution is 0.268. The largest absolute Gasteiger partial charge is 0.467 e. The van der Waals surface area contributed by atoms with Crippen LogP contribution >= 0.6 is 0 Å². The Bertz CT molecular complexity index is 286. The van der Waals surface area contributed by atoms with Crippen LogP contribution in [0.15, 0.2) is 0 Å². The lowest BCUT2D eigenvalue weighted by Crippen LogP contribution is -2.17. The molecule has 1 N–H and O–H groups in total. The average Bonchev–Trinajstić information content (AvgIpc) is 2.29. The van der Waals surface area contributed by atoms with Crippen molar-refractivity contribution < 1.29 is 14.2 Å². The molecule has 7 heteroatoms. The smallest absolute Gasteiger partial charge is 0.325 e. The van der Waals surface area contributed by atoms with Crippen LogP contribution in [-0.4, -0.2) is 49.4 Å². The number of aromatic nitrogens is 3. The summed E-state index contributed by atoms with van der Waals surface area (Å²) in [6.45, 7) is 1.17. The molecule has 0 fully saturated rings. The van der Waals surface area contributed by atoms with E-state index < -0.39 is 0 Å². The molecule has 0 saturated heterocycles. The number of nitrogens with one attached hydrogen (secondary N) is 1. The second-order valence-electron chi connectivity index (χ2n) is 2.54. The molecule has 0 aromatic carbocycles. The Kier molecular flexibility index (Phi) is 4.55. The fraction of sp³-hybridized carbons (Fsp3) is 0.625. The summed E-state index contributed by atoms with van der Waals surface area (Å²) in [5.74, 6) is 0. The van der Waals surface area contributed by atoms with Crippen molar-refractivity contribution in [3.63, 3.8) is 0 Å². The quantitative estimate of drug-likeness (QED) is 0.639. The highest BCUT2D eigenvalue weighted by molar-refractivity contribution is 5.08. The molecule has 0 atom stereocenters. The third kappa shape index (κ3) is 3.55. The molecule has 0 spiro atoms. The fourth-order valence-corrected chi connectivity index (χ4v) is 0.812. The Labute approximate surface area is 87.8 Å². The Hall–Kier alpha value is -1.63. The Morgan fingerprint density at radius 1 is 1.00 bits per heavy atom. The normalized spacial score (nSPS) is 9.80. The maximum Gasteiger partial charge on any atom is 0.325 e. The summed E-state index contributed by atoms with van der Waals surface area (Å²) in [6, 6.07) is 0.525. The second kappa shape index (κ2) is 5.97. The van der Waals surface area contributed by atoms with Crippen LogP contribution in [0.25, 0.3) is 0 Å². The first-order chi connectivity index (χ1) is 7.30. The summed E-state index contributed by atoms with van der Waals surface area (Å²) in [6.07, 6.45) is 0. The SMILES string of the molecule is CNCCOc1nc(OC)nc(OC)n1. The van der Waals surface area contributed by atoms with E-state index in [4.69, 9.17) is 14.2 Å². The van der Waals surface area contributed by atoms with Crippen LogP contribution in [-0.2, 0) is 0 Å². The number of likely N-dealkylation sites (N-methyl/N-ethyl adjacent to an activating group) is 1. The van der Waals surface area contributed by atoms with Crippen LogP contribution in [0, 0.1) is 0 Å². The van der Waals surface area contributed by atoms with Gasteiger partial charge >= 0.3 is 18.0 Å². The number of hydrogen-bond donors (Lipinski definition) is 1. The van der Waals surface area contributed by atoms with E-state index in [0.717, 1.165) is 0 Å². The minimum absolute atomic E-state index is 0.168. The summed E-state index contributed by atoms with van der Waals surface area (Å²) < 4.78 is 15.0. The molecule has 0 aliphatic heterocycles. The Balaban J connectivity index is 2.68. The zero-order valence-corrected chi connectivity index (χ0v) is 8.98. The summed E-state index contributed by atoms with van der Waals surface area (Å²) >= 11 is 0. The number of methoxy groups -OCH3 is 2. The average molecular weight is 214 g/mol. The fourth-order valence-electron chi connectivity index (χ4n) is 0.812. The highest BCUT2D eigenvalue weighted by atomic mass is 16.5. The summed E-state index contributed by atoms with van der Waals surface area (Å²) in [4.78, 5) is 11.6. The third-order valence-corrected chi connectivity index (χ3v) is 1.52. The van der Waals surface area contributed by atoms with Gasteiger partial charge < -0.3 is 19.5 Å². The zero-order chi connectivity index (χ0) is 11.1. The van der Waals surface area contributed by atoms with E-state index in [1.807, 2.05) is 7.05 Å². The van der Waals surface area contributed by atoms with E-state index in [0.29, 0.717) is 13.2 Å². The molecule has 1 aromatic heterocycles. The molecule has 1 aromatic rings. The predicted molar refractivity (Wildman–Crippen MR) is 52.4 cm³/mol. The Morgan fingerprint density at radius 3 is 2.00 bits per heavy atom. The van der Waals surface area contributed by atoms with Crippen LogP contribution in [0.2, 0.25) is 0 Å². The minimum atomic E-state index is 0.168. The summed E-state index contributed by atoms with van der Waals surface area (Å²) in [5.41, 5.74) is 0. The standard InChI is InChI=1S/C8H14N4O3/c1-9-4-5-15-8-11-6(13-2)10-7(12-8)14-3/h9H,4-5H2,1-3H3. The van der Waals surface area contributed by atoms with Gasteiger partial charge in [0.15, 0.2) is 0 Å². The molecular formula is C8H14N4O3. The van der Waals surface area contributed by atoms with E-state index in [-0.39, 0.29) is 18.0 Å². The lowest BCUT2D eigenvalue weighted by Gasteiger charge is -2.06. The molecule has 0 bridgehead atoms. The molecule has 1 rings (SSSR count). The number of ether oxygens (including phenoxy) is 3. The molecule has 0 saturated carbocycles. The molecule has 0 aliphatic rings. The van der Waals surface area contributed by atoms with Gasteiger partial charge in [0.25, 0.3) is 0 Å². The number of hydrogen-bond acceptors (Lipinski definition) is 7. The molecule has 0 radical (unpaired) electrons. The van der Waals surface area contributed by atoms with Gasteiger partial charge in [-0.05, 0) is 7.05 Å². The van der Waals surface area contributed by atoms with Crippen molar-refractivity contribution >= 4 is 0 Å². The van der Waals surface area contributed by atoms with Gasteiger partial charge in [-0.1, -0.05) is 0 Å². The highest BCUT2D eigenvalue weighted by Gasteiger charge is 2.07. The van der Waals surface area contributed by atoms with Crippen molar-refractivity contribution in [2.24, 2.45) is 0 Å². The van der Waals surface area contributed by atoms with Crippen molar-refractivity contribution in [3.8, 4) is 18.0 Å². The molecule has 15 heavy (non-hydrogen) atoms. The molecule has 7 nitrogen and oxygen atoms in total. The lowest BCUT2D eigenvalue weighted by atomic mass is 10.7. The van der Waals surface area contributed by atoms with Crippen molar-refractivity contribution in [3.05, 3.63) is 0 Å². The topological polar surface area (TPSA) is 78.4 Å². The van der Waals surface area contributed by atoms with Gasteiger partial charge in [0.1, 0.15) is 6.61 Å². The van der Waals surface area contributed by atoms with Gasteiger partial charge in [0, 0.05) is 6.54 Å². The van der Waals surface area contributed by atoms with E-state index >= 15 is 0 Å². The van der Waals surface area contributed by atoms with Gasteiger partial charge in [0.2, 0.25) is 0 Å². The molecule has 0 amide bonds. The van der Waals surface area contributed by atoms with Crippen LogP contribution in [0.4, 0.5) is 0 Å². The Morgan fingerprint density at radius 2 is 1.53 bits per heavy atom. The van der Waals surface area contributed by atoms with E-state index in [9.17, 15) is 0 Å². The first-order valence-corrected chi connectivity index (χ1v) is 4.41. The first-order valence-electron chi connectivity index (χ1n) is 4.41. The van der Waals surface area contributed by atoms with Crippen LogP contribution < -0.4 is 19.5 Å². The van der Waals surface area contributed by atoms with Gasteiger partial charge in [-0.2, -0.15) is 0 Å². The van der Waals surface area contributed by atoms with Crippen molar-refractivity contribution in [1.82, 2.24) is 20.3 Å². The second-order valence-corrected chi connectivity index (χ2v) is 2.54. The monoisotopic (exact) mass is 214 g/mol. The summed E-state index contributed by atoms with van der Waals surface area (Å²) in [7, 11) is 4.76. The van der Waals surface area contributed by atoms with Gasteiger partial charge in [0.05, 0.1) is 14.2 Å². The van der Waals surface area contributed by atoms with Crippen LogP contribution in [0.3, 0.4) is 0 Å². The molecule has 0 unspecified atom stereocenters. The van der Waals surface area contributed by atoms with E-state index in [2.05, 4.69) is 20.3 Å². The van der Waals surface area contributed by atoms with Gasteiger partial charge in [-0.3, -0.25) is 0 Å². The number of rotatable bonds is 6. The van der Waals surface area contributed by atoms with Gasteiger partial charge in [-0.15, -0.1) is 15.0 Å². The maximum atomic E-state index is 5.25. The molecule has 1 heterocycles. The van der Waals surface area contributed by atoms with Crippen molar-refractivity contribution in [2.45, 2.75) is 0 Å². The molecule has 0 aliphatic carbocycles. The van der Waals surface area contributed by atoms with Crippen LogP contribution in [0.1, 0.15) is 0 Å². The van der Waals surface area contributed by atoms with Crippen molar-refractivity contribution in [1.29, 1.82) is 0 Å². The molecule has 84 valence electrons. The summed E-state index contributed by atoms with van der Waals surface area (Å²) in [5, 5.41) is 2.94. The first kappa shape index (κ1) is 11.4. The maximum absolute atomic E-state index is 5.25. The van der Waals surface area contributed by atoms with E-state index in [1.54, 1.807) is 0 Å². The molecular weight excluding hydrogens is 200 g/mol. The third-order valence-electron chi connectivity index (χ3n) is 1.52. The highest BCUT2D eigenvalue weighted by Crippen LogP contribution is 2.13.